The number of hydrogen-bond donors (Lipinski definition) is 2. The van der Waals surface area contributed by atoms with Crippen molar-refractivity contribution in [2.75, 3.05) is 25.6 Å². The molecular formula is C25H20F2N4O7S. The van der Waals surface area contributed by atoms with Crippen LogP contribution >= 0.6 is 11.3 Å². The highest BCUT2D eigenvalue weighted by atomic mass is 32.1. The zero-order chi connectivity index (χ0) is 27.7. The van der Waals surface area contributed by atoms with Crippen LogP contribution in [-0.4, -0.2) is 60.1 Å². The maximum absolute atomic E-state index is 13.9. The van der Waals surface area contributed by atoms with Crippen molar-refractivity contribution >= 4 is 40.3 Å². The number of nitrogens with zero attached hydrogens (tertiary/aromatic N) is 2. The number of anilines is 1. The molecule has 2 N–H and O–H groups in total. The van der Waals surface area contributed by atoms with Crippen LogP contribution in [0.1, 0.15) is 27.7 Å². The number of nitrogens with one attached hydrogen (secondary N) is 2. The highest BCUT2D eigenvalue weighted by molar-refractivity contribution is 7.14. The summed E-state index contributed by atoms with van der Waals surface area (Å²) in [5.74, 6) is -3.25. The number of imide groups is 1. The average molecular weight is 559 g/mol. The quantitative estimate of drug-likeness (QED) is 0.334. The molecule has 3 aromatic rings. The van der Waals surface area contributed by atoms with E-state index in [1.807, 2.05) is 0 Å². The molecule has 0 saturated carbocycles. The molecule has 2 aliphatic heterocycles. The third kappa shape index (κ3) is 5.36. The lowest BCUT2D eigenvalue weighted by molar-refractivity contribution is -0.134. The second-order valence-corrected chi connectivity index (χ2v) is 9.37. The summed E-state index contributed by atoms with van der Waals surface area (Å²) < 4.78 is 43.5. The van der Waals surface area contributed by atoms with Crippen molar-refractivity contribution in [2.45, 2.75) is 18.5 Å². The molecule has 0 spiro atoms. The van der Waals surface area contributed by atoms with Gasteiger partial charge in [0.1, 0.15) is 36.9 Å². The van der Waals surface area contributed by atoms with E-state index in [4.69, 9.17) is 9.47 Å². The molecule has 2 aromatic carbocycles. The van der Waals surface area contributed by atoms with Gasteiger partial charge in [-0.05, 0) is 35.4 Å². The Kier molecular flexibility index (Phi) is 7.11. The molecular weight excluding hydrogens is 538 g/mol. The van der Waals surface area contributed by atoms with Gasteiger partial charge in [-0.15, -0.1) is 11.3 Å². The van der Waals surface area contributed by atoms with Crippen LogP contribution in [0.25, 0.3) is 0 Å². The number of thiazole rings is 1. The van der Waals surface area contributed by atoms with Gasteiger partial charge in [0, 0.05) is 17.9 Å². The van der Waals surface area contributed by atoms with E-state index < -0.39 is 54.0 Å². The Hall–Kier alpha value is -4.59. The topological polar surface area (TPSA) is 136 Å². The summed E-state index contributed by atoms with van der Waals surface area (Å²) in [6, 6.07) is 3.85. The van der Waals surface area contributed by atoms with Crippen molar-refractivity contribution in [1.82, 2.24) is 15.2 Å². The van der Waals surface area contributed by atoms with Crippen molar-refractivity contribution in [3.8, 4) is 11.5 Å². The van der Waals surface area contributed by atoms with Gasteiger partial charge in [0.25, 0.3) is 5.91 Å². The summed E-state index contributed by atoms with van der Waals surface area (Å²) >= 11 is 0.911. The molecule has 14 heteroatoms. The molecule has 0 bridgehead atoms. The molecule has 1 saturated heterocycles. The minimum atomic E-state index is -1.52. The molecule has 39 heavy (non-hydrogen) atoms. The Morgan fingerprint density at radius 1 is 1.15 bits per heavy atom. The van der Waals surface area contributed by atoms with Gasteiger partial charge < -0.3 is 24.8 Å². The van der Waals surface area contributed by atoms with Gasteiger partial charge in [-0.25, -0.2) is 28.3 Å². The minimum Gasteiger partial charge on any atom is -0.486 e. The fraction of sp³-hybridized carbons (Fsp3) is 0.240. The van der Waals surface area contributed by atoms with E-state index in [0.717, 1.165) is 23.5 Å². The lowest BCUT2D eigenvalue weighted by atomic mass is 10.0. The molecule has 2 unspecified atom stereocenters. The number of aromatic nitrogens is 1. The minimum absolute atomic E-state index is 0.00809. The Bertz CT molecular complexity index is 1460. The van der Waals surface area contributed by atoms with Gasteiger partial charge in [-0.1, -0.05) is 6.07 Å². The van der Waals surface area contributed by atoms with Gasteiger partial charge in [0.05, 0.1) is 7.11 Å². The summed E-state index contributed by atoms with van der Waals surface area (Å²) in [6.45, 7) is 0.686. The standard InChI is InChI=1S/C25H20F2N4O7S/c1-36-23(34)16-11-39-24(28-16)30-21(32)17(8-12-6-14(26)10-15(27)7-12)31-22(33)20(29-25(31)35)13-2-3-18-19(9-13)38-5-4-37-18/h2-3,6-7,9-11,17,20H,4-5,8H2,1H3,(H,29,35)(H,28,30,32). The first kappa shape index (κ1) is 26.0. The summed E-state index contributed by atoms with van der Waals surface area (Å²) in [6.07, 6.45) is -0.400. The lowest BCUT2D eigenvalue weighted by Crippen LogP contribution is -2.49. The van der Waals surface area contributed by atoms with E-state index in [0.29, 0.717) is 41.2 Å². The van der Waals surface area contributed by atoms with Crippen molar-refractivity contribution in [3.05, 3.63) is 70.2 Å². The molecule has 1 aromatic heterocycles. The predicted octanol–water partition coefficient (Wildman–Crippen LogP) is 2.82. The van der Waals surface area contributed by atoms with E-state index in [1.54, 1.807) is 18.2 Å². The number of rotatable bonds is 7. The first-order valence-electron chi connectivity index (χ1n) is 11.6. The number of carbonyl (C=O) groups is 4. The number of urea groups is 1. The highest BCUT2D eigenvalue weighted by Gasteiger charge is 2.45. The maximum atomic E-state index is 13.9. The molecule has 202 valence electrons. The third-order valence-electron chi connectivity index (χ3n) is 5.97. The fourth-order valence-electron chi connectivity index (χ4n) is 4.23. The van der Waals surface area contributed by atoms with Crippen LogP contribution in [0.4, 0.5) is 18.7 Å². The molecule has 4 amide bonds. The molecule has 0 aliphatic carbocycles. The molecule has 5 rings (SSSR count). The van der Waals surface area contributed by atoms with Crippen LogP contribution in [0, 0.1) is 11.6 Å². The Balaban J connectivity index is 1.44. The van der Waals surface area contributed by atoms with Gasteiger partial charge in [-0.2, -0.15) is 0 Å². The van der Waals surface area contributed by atoms with Crippen LogP contribution in [0.3, 0.4) is 0 Å². The van der Waals surface area contributed by atoms with Crippen molar-refractivity contribution in [3.63, 3.8) is 0 Å². The number of esters is 1. The summed E-state index contributed by atoms with van der Waals surface area (Å²) in [7, 11) is 1.17. The van der Waals surface area contributed by atoms with E-state index in [9.17, 15) is 28.0 Å². The van der Waals surface area contributed by atoms with Gasteiger partial charge in [0.15, 0.2) is 22.3 Å². The summed E-state index contributed by atoms with van der Waals surface area (Å²) in [5, 5.41) is 6.36. The number of methoxy groups -OCH3 is 1. The van der Waals surface area contributed by atoms with Gasteiger partial charge >= 0.3 is 12.0 Å². The van der Waals surface area contributed by atoms with Crippen molar-refractivity contribution < 1.29 is 42.2 Å². The Labute approximate surface area is 223 Å². The smallest absolute Gasteiger partial charge is 0.357 e. The van der Waals surface area contributed by atoms with E-state index >= 15 is 0 Å². The summed E-state index contributed by atoms with van der Waals surface area (Å²) in [5.41, 5.74) is 0.360. The maximum Gasteiger partial charge on any atom is 0.357 e. The molecule has 3 heterocycles. The number of fused-ring (bicyclic) bond motifs is 1. The SMILES string of the molecule is COC(=O)c1csc(NC(=O)C(Cc2cc(F)cc(F)c2)N2C(=O)NC(c3ccc4c(c3)OCCO4)C2=O)n1. The van der Waals surface area contributed by atoms with Crippen molar-refractivity contribution in [2.24, 2.45) is 0 Å². The first-order valence-corrected chi connectivity index (χ1v) is 12.4. The average Bonchev–Trinajstić information content (AvgIpc) is 3.49. The fourth-order valence-corrected chi connectivity index (χ4v) is 4.91. The molecule has 1 fully saturated rings. The largest absolute Gasteiger partial charge is 0.486 e. The zero-order valence-corrected chi connectivity index (χ0v) is 21.1. The van der Waals surface area contributed by atoms with Crippen LogP contribution in [0.15, 0.2) is 41.8 Å². The molecule has 2 atom stereocenters. The van der Waals surface area contributed by atoms with Gasteiger partial charge in [-0.3, -0.25) is 9.59 Å². The monoisotopic (exact) mass is 558 g/mol. The number of amides is 4. The van der Waals surface area contributed by atoms with Crippen LogP contribution in [0.5, 0.6) is 11.5 Å². The van der Waals surface area contributed by atoms with Gasteiger partial charge in [0.2, 0.25) is 5.91 Å². The van der Waals surface area contributed by atoms with Crippen LogP contribution < -0.4 is 20.1 Å². The summed E-state index contributed by atoms with van der Waals surface area (Å²) in [4.78, 5) is 56.3. The van der Waals surface area contributed by atoms with E-state index in [2.05, 4.69) is 20.4 Å². The number of halogens is 2. The number of carbonyl (C=O) groups excluding carboxylic acids is 4. The second-order valence-electron chi connectivity index (χ2n) is 8.51. The second kappa shape index (κ2) is 10.6. The Morgan fingerprint density at radius 2 is 1.87 bits per heavy atom. The van der Waals surface area contributed by atoms with Crippen LogP contribution in [0.2, 0.25) is 0 Å². The first-order chi connectivity index (χ1) is 18.7. The molecule has 11 nitrogen and oxygen atoms in total. The predicted molar refractivity (Wildman–Crippen MR) is 131 cm³/mol. The zero-order valence-electron chi connectivity index (χ0n) is 20.2. The number of ether oxygens (including phenoxy) is 3. The third-order valence-corrected chi connectivity index (χ3v) is 6.72. The normalized spacial score (nSPS) is 17.0. The molecule has 0 radical (unpaired) electrons. The van der Waals surface area contributed by atoms with Crippen LogP contribution in [-0.2, 0) is 20.7 Å². The van der Waals surface area contributed by atoms with E-state index in [1.165, 1.54) is 12.5 Å². The lowest BCUT2D eigenvalue weighted by Gasteiger charge is -2.24. The highest BCUT2D eigenvalue weighted by Crippen LogP contribution is 2.35. The molecule has 2 aliphatic rings. The number of benzene rings is 2. The number of hydrogen-bond acceptors (Lipinski definition) is 9. The van der Waals surface area contributed by atoms with Crippen molar-refractivity contribution in [1.29, 1.82) is 0 Å². The Morgan fingerprint density at radius 3 is 2.59 bits per heavy atom. The van der Waals surface area contributed by atoms with E-state index in [-0.39, 0.29) is 16.4 Å².